The first-order valence-corrected chi connectivity index (χ1v) is 26.3. The van der Waals surface area contributed by atoms with Crippen LogP contribution in [0, 0.1) is 48.1 Å². The zero-order valence-corrected chi connectivity index (χ0v) is 44.6. The van der Waals surface area contributed by atoms with Gasteiger partial charge in [0.1, 0.15) is 44.9 Å². The van der Waals surface area contributed by atoms with Crippen LogP contribution in [0.2, 0.25) is 0 Å². The zero-order chi connectivity index (χ0) is 52.4. The van der Waals surface area contributed by atoms with Crippen molar-refractivity contribution in [2.45, 2.75) is 48.0 Å². The second kappa shape index (κ2) is 23.0. The summed E-state index contributed by atoms with van der Waals surface area (Å²) in [5, 5.41) is 34.2. The van der Waals surface area contributed by atoms with E-state index in [1.54, 1.807) is 43.3 Å². The average molecular weight is 1050 g/mol. The predicted octanol–water partition coefficient (Wildman–Crippen LogP) is 9.47. The normalized spacial score (nSPS) is 13.8. The van der Waals surface area contributed by atoms with Crippen molar-refractivity contribution in [3.63, 3.8) is 0 Å². The number of pyridine rings is 2. The van der Waals surface area contributed by atoms with E-state index in [9.17, 15) is 24.1 Å². The lowest BCUT2D eigenvalue weighted by Gasteiger charge is -2.36. The maximum atomic E-state index is 13.5. The minimum Gasteiger partial charge on any atom is -0.369 e. The third kappa shape index (κ3) is 11.0. The van der Waals surface area contributed by atoms with E-state index in [1.165, 1.54) is 52.6 Å². The van der Waals surface area contributed by atoms with Gasteiger partial charge in [0.25, 0.3) is 0 Å². The van der Waals surface area contributed by atoms with Crippen molar-refractivity contribution < 1.29 is 13.6 Å². The summed E-state index contributed by atoms with van der Waals surface area (Å²) in [6, 6.07) is 25.4. The molecule has 0 radical (unpaired) electrons. The van der Waals surface area contributed by atoms with Gasteiger partial charge in [-0.15, -0.1) is 0 Å². The molecule has 2 saturated heterocycles. The second-order valence-corrected chi connectivity index (χ2v) is 20.5. The van der Waals surface area contributed by atoms with Gasteiger partial charge in [0.15, 0.2) is 10.3 Å². The van der Waals surface area contributed by atoms with Crippen LogP contribution in [-0.2, 0) is 17.6 Å². The molecule has 10 rings (SSSR count). The molecule has 2 aliphatic heterocycles. The van der Waals surface area contributed by atoms with Gasteiger partial charge in [-0.05, 0) is 99.5 Å². The Morgan fingerprint density at radius 3 is 1.45 bits per heavy atom. The van der Waals surface area contributed by atoms with E-state index in [0.717, 1.165) is 122 Å². The number of fused-ring (bicyclic) bond motifs is 2. The van der Waals surface area contributed by atoms with Crippen LogP contribution in [0.15, 0.2) is 72.8 Å². The molecule has 16 nitrogen and oxygen atoms in total. The van der Waals surface area contributed by atoms with Gasteiger partial charge in [-0.1, -0.05) is 43.9 Å². The number of nitrogens with one attached hydrogen (secondary N) is 1. The Hall–Kier alpha value is -7.49. The minimum atomic E-state index is -0.330. The summed E-state index contributed by atoms with van der Waals surface area (Å²) >= 11 is 2.65. The first kappa shape index (κ1) is 53.8. The quantitative estimate of drug-likeness (QED) is 0.124. The number of carbonyl (C=O) groups is 1. The number of nitrogens with zero attached hydrogens (tertiary/aromatic N) is 14. The average Bonchev–Trinajstić information content (AvgIpc) is 4.23. The van der Waals surface area contributed by atoms with Crippen molar-refractivity contribution >= 4 is 72.6 Å². The standard InChI is InChI=1S/C29H33FN8OS.C25H26FN7S.CH4/c1-6-23-28(35(5)29-32-27(25(17-31)40-29)20-7-9-21(30)10-8-20)24-16-22(15-19(2)38(24)33-23)37-13-11-36(12-14-37)18-26(39)34(3)4;1-4-20-24(21-14-19(13-16(2)33(21)30-20)32-11-9-28-10-12-32)31(3)25-29-23(22(15-27)34-25)17-5-7-18(26)8-6-17;/h7-10,15-16H,6,11-14,18H2,1-5H3;5-8,13-14,28H,4,9-12H2,1-3H3;1H4. The molecular weight excluding hydrogens is 989 g/mol. The molecule has 75 heavy (non-hydrogen) atoms. The monoisotopic (exact) mass is 1050 g/mol. The van der Waals surface area contributed by atoms with Gasteiger partial charge in [-0.2, -0.15) is 20.7 Å². The highest BCUT2D eigenvalue weighted by atomic mass is 32.1. The Labute approximate surface area is 445 Å². The Kier molecular flexibility index (Phi) is 16.5. The van der Waals surface area contributed by atoms with E-state index >= 15 is 0 Å². The number of benzene rings is 2. The number of amides is 1. The number of piperazine rings is 2. The molecule has 0 saturated carbocycles. The highest BCUT2D eigenvalue weighted by Gasteiger charge is 2.27. The molecule has 1 N–H and O–H groups in total. The smallest absolute Gasteiger partial charge is 0.236 e. The van der Waals surface area contributed by atoms with E-state index in [2.05, 4.69) is 84.1 Å². The first-order chi connectivity index (χ1) is 35.7. The van der Waals surface area contributed by atoms with Crippen molar-refractivity contribution in [1.82, 2.24) is 44.3 Å². The summed E-state index contributed by atoms with van der Waals surface area (Å²) in [6.45, 7) is 15.9. The molecule has 8 aromatic rings. The Bertz CT molecular complexity index is 3410. The predicted molar refractivity (Wildman–Crippen MR) is 298 cm³/mol. The number of halogens is 2. The first-order valence-electron chi connectivity index (χ1n) is 24.7. The molecular formula is C55H63F2N15OS2. The topological polar surface area (TPSA) is 156 Å². The number of hydrogen-bond donors (Lipinski definition) is 1. The number of nitriles is 2. The number of anilines is 6. The maximum Gasteiger partial charge on any atom is 0.236 e. The van der Waals surface area contributed by atoms with Gasteiger partial charge in [-0.3, -0.25) is 9.69 Å². The van der Waals surface area contributed by atoms with Gasteiger partial charge < -0.3 is 29.8 Å². The lowest BCUT2D eigenvalue weighted by Crippen LogP contribution is -2.49. The summed E-state index contributed by atoms with van der Waals surface area (Å²) in [7, 11) is 7.50. The SMILES string of the molecule is C.CCc1nn2c(C)cc(N3CCN(CC(=O)N(C)C)CC3)cc2c1N(C)c1nc(-c2ccc(F)cc2)c(C#N)s1.CCc1nn2c(C)cc(N3CCNCC3)cc2c1N(C)c1nc(-c2ccc(F)cc2)c(C#N)s1. The molecule has 20 heteroatoms. The Balaban J connectivity index is 0.000000199. The number of likely N-dealkylation sites (N-methyl/N-ethyl adjacent to an activating group) is 1. The molecule has 2 fully saturated rings. The molecule has 390 valence electrons. The number of hydrogen-bond acceptors (Lipinski definition) is 15. The summed E-state index contributed by atoms with van der Waals surface area (Å²) in [5.74, 6) is -0.526. The molecule has 2 aliphatic rings. The van der Waals surface area contributed by atoms with Gasteiger partial charge >= 0.3 is 0 Å². The lowest BCUT2D eigenvalue weighted by atomic mass is 10.1. The van der Waals surface area contributed by atoms with E-state index in [0.29, 0.717) is 43.5 Å². The van der Waals surface area contributed by atoms with Crippen LogP contribution in [0.5, 0.6) is 0 Å². The zero-order valence-electron chi connectivity index (χ0n) is 42.9. The molecule has 2 aromatic carbocycles. The van der Waals surface area contributed by atoms with Gasteiger partial charge in [0.05, 0.1) is 40.3 Å². The fourth-order valence-electron chi connectivity index (χ4n) is 9.50. The van der Waals surface area contributed by atoms with Crippen molar-refractivity contribution in [3.05, 3.63) is 117 Å². The molecule has 6 aromatic heterocycles. The van der Waals surface area contributed by atoms with Crippen molar-refractivity contribution in [2.75, 3.05) is 107 Å². The maximum absolute atomic E-state index is 13.5. The Morgan fingerprint density at radius 1 is 0.653 bits per heavy atom. The van der Waals surface area contributed by atoms with Gasteiger partial charge in [0.2, 0.25) is 5.91 Å². The Morgan fingerprint density at radius 2 is 1.07 bits per heavy atom. The third-order valence-electron chi connectivity index (χ3n) is 13.5. The van der Waals surface area contributed by atoms with E-state index < -0.39 is 0 Å². The van der Waals surface area contributed by atoms with Crippen molar-refractivity contribution in [2.24, 2.45) is 0 Å². The number of rotatable bonds is 12. The molecule has 0 atom stereocenters. The summed E-state index contributed by atoms with van der Waals surface area (Å²) < 4.78 is 30.9. The minimum absolute atomic E-state index is 0. The van der Waals surface area contributed by atoms with E-state index in [4.69, 9.17) is 20.2 Å². The van der Waals surface area contributed by atoms with Crippen LogP contribution in [-0.4, -0.2) is 132 Å². The van der Waals surface area contributed by atoms with Crippen LogP contribution >= 0.6 is 22.7 Å². The molecule has 0 aliphatic carbocycles. The fourth-order valence-corrected chi connectivity index (χ4v) is 11.2. The molecule has 8 heterocycles. The molecule has 0 unspecified atom stereocenters. The largest absolute Gasteiger partial charge is 0.369 e. The highest BCUT2D eigenvalue weighted by Crippen LogP contribution is 2.41. The van der Waals surface area contributed by atoms with Crippen molar-refractivity contribution in [3.8, 4) is 34.7 Å². The van der Waals surface area contributed by atoms with Crippen LogP contribution in [0.25, 0.3) is 33.5 Å². The molecule has 0 spiro atoms. The third-order valence-corrected chi connectivity index (χ3v) is 15.6. The summed E-state index contributed by atoms with van der Waals surface area (Å²) in [4.78, 5) is 35.4. The molecule has 1 amide bonds. The summed E-state index contributed by atoms with van der Waals surface area (Å²) in [6.07, 6.45) is 1.50. The van der Waals surface area contributed by atoms with E-state index in [1.807, 2.05) is 32.9 Å². The second-order valence-electron chi connectivity index (χ2n) is 18.6. The lowest BCUT2D eigenvalue weighted by molar-refractivity contribution is -0.129. The van der Waals surface area contributed by atoms with Crippen LogP contribution in [0.4, 0.5) is 41.8 Å². The fraction of sp³-hybridized carbons (Fsp3) is 0.364. The summed E-state index contributed by atoms with van der Waals surface area (Å²) in [5.41, 5.74) is 12.8. The van der Waals surface area contributed by atoms with E-state index in [-0.39, 0.29) is 25.0 Å². The highest BCUT2D eigenvalue weighted by molar-refractivity contribution is 7.17. The number of thiazole rings is 2. The van der Waals surface area contributed by atoms with Crippen LogP contribution < -0.4 is 24.9 Å². The van der Waals surface area contributed by atoms with Crippen LogP contribution in [0.3, 0.4) is 0 Å². The van der Waals surface area contributed by atoms with Crippen LogP contribution in [0.1, 0.15) is 53.8 Å². The van der Waals surface area contributed by atoms with Gasteiger partial charge in [-0.25, -0.2) is 27.8 Å². The van der Waals surface area contributed by atoms with Gasteiger partial charge in [0, 0.05) is 114 Å². The van der Waals surface area contributed by atoms with Crippen molar-refractivity contribution in [1.29, 1.82) is 10.5 Å². The number of aromatic nitrogens is 6. The molecule has 0 bridgehead atoms. The number of aryl methyl sites for hydroxylation is 4. The number of carbonyl (C=O) groups excluding carboxylic acids is 1.